The van der Waals surface area contributed by atoms with Crippen LogP contribution in [-0.4, -0.2) is 37.3 Å². The van der Waals surface area contributed by atoms with Gasteiger partial charge < -0.3 is 20.5 Å². The molecule has 1 aromatic rings. The Balaban J connectivity index is 2.40. The molecule has 0 aromatic heterocycles. The highest BCUT2D eigenvalue weighted by molar-refractivity contribution is 5.84. The van der Waals surface area contributed by atoms with Crippen LogP contribution < -0.4 is 10.6 Å². The van der Waals surface area contributed by atoms with E-state index in [2.05, 4.69) is 10.6 Å². The molecule has 3 N–H and O–H groups in total. The second-order valence-electron chi connectivity index (χ2n) is 4.36. The maximum atomic E-state index is 11.8. The van der Waals surface area contributed by atoms with Gasteiger partial charge in [0.2, 0.25) is 5.91 Å². The molecule has 0 aliphatic carbocycles. The second-order valence-corrected chi connectivity index (χ2v) is 4.36. The molecule has 0 spiro atoms. The van der Waals surface area contributed by atoms with Crippen molar-refractivity contribution >= 4 is 11.6 Å². The van der Waals surface area contributed by atoms with Gasteiger partial charge in [-0.15, -0.1) is 0 Å². The molecule has 1 aromatic carbocycles. The molecule has 0 saturated heterocycles. The Hall–Kier alpha value is -1.59. The Morgan fingerprint density at radius 2 is 2.26 bits per heavy atom. The molecule has 1 amide bonds. The summed E-state index contributed by atoms with van der Waals surface area (Å²) in [6, 6.07) is 7.05. The number of aliphatic hydroxyl groups excluding tert-OH is 1. The molecule has 5 nitrogen and oxygen atoms in total. The number of carbonyl (C=O) groups is 1. The van der Waals surface area contributed by atoms with Crippen LogP contribution in [0, 0.1) is 0 Å². The summed E-state index contributed by atoms with van der Waals surface area (Å²) in [7, 11) is 1.64. The number of rotatable bonds is 8. The maximum Gasteiger partial charge on any atom is 0.242 e. The van der Waals surface area contributed by atoms with Crippen LogP contribution in [-0.2, 0) is 16.1 Å². The smallest absolute Gasteiger partial charge is 0.242 e. The zero-order chi connectivity index (χ0) is 14.1. The van der Waals surface area contributed by atoms with Gasteiger partial charge in [-0.25, -0.2) is 0 Å². The number of carbonyl (C=O) groups excluding carboxylic acids is 1. The molecule has 0 aliphatic rings. The predicted octanol–water partition coefficient (Wildman–Crippen LogP) is 1.13. The second kappa shape index (κ2) is 8.50. The van der Waals surface area contributed by atoms with Crippen LogP contribution in [0.5, 0.6) is 0 Å². The Bertz CT molecular complexity index is 396. The van der Waals surface area contributed by atoms with Crippen molar-refractivity contribution in [2.24, 2.45) is 0 Å². The van der Waals surface area contributed by atoms with Crippen LogP contribution in [0.2, 0.25) is 0 Å². The van der Waals surface area contributed by atoms with Crippen molar-refractivity contribution in [3.63, 3.8) is 0 Å². The third kappa shape index (κ3) is 5.72. The van der Waals surface area contributed by atoms with E-state index in [1.54, 1.807) is 14.0 Å². The predicted molar refractivity (Wildman–Crippen MR) is 75.0 cm³/mol. The topological polar surface area (TPSA) is 70.6 Å². The highest BCUT2D eigenvalue weighted by Gasteiger charge is 2.11. The summed E-state index contributed by atoms with van der Waals surface area (Å²) in [6.07, 6.45) is 0.801. The summed E-state index contributed by atoms with van der Waals surface area (Å²) < 4.78 is 4.91. The van der Waals surface area contributed by atoms with Crippen molar-refractivity contribution in [1.82, 2.24) is 5.32 Å². The molecule has 1 rings (SSSR count). The van der Waals surface area contributed by atoms with Crippen molar-refractivity contribution in [3.8, 4) is 0 Å². The fourth-order valence-electron chi connectivity index (χ4n) is 1.66. The van der Waals surface area contributed by atoms with Crippen LogP contribution in [0.3, 0.4) is 0 Å². The lowest BCUT2D eigenvalue weighted by Crippen LogP contribution is -2.38. The number of aliphatic hydroxyl groups is 1. The third-order valence-electron chi connectivity index (χ3n) is 2.71. The van der Waals surface area contributed by atoms with Crippen LogP contribution in [0.15, 0.2) is 24.3 Å². The maximum absolute atomic E-state index is 11.8. The van der Waals surface area contributed by atoms with E-state index >= 15 is 0 Å². The first-order valence-corrected chi connectivity index (χ1v) is 6.40. The molecule has 0 saturated carbocycles. The fourth-order valence-corrected chi connectivity index (χ4v) is 1.66. The number of hydrogen-bond donors (Lipinski definition) is 3. The zero-order valence-corrected chi connectivity index (χ0v) is 11.5. The van der Waals surface area contributed by atoms with E-state index in [0.29, 0.717) is 13.2 Å². The molecular formula is C14H22N2O3. The van der Waals surface area contributed by atoms with Gasteiger partial charge in [-0.2, -0.15) is 0 Å². The van der Waals surface area contributed by atoms with E-state index in [9.17, 15) is 4.79 Å². The van der Waals surface area contributed by atoms with Crippen molar-refractivity contribution in [3.05, 3.63) is 29.8 Å². The number of anilines is 1. The largest absolute Gasteiger partial charge is 0.392 e. The first-order valence-electron chi connectivity index (χ1n) is 6.40. The summed E-state index contributed by atoms with van der Waals surface area (Å²) in [5, 5.41) is 15.0. The summed E-state index contributed by atoms with van der Waals surface area (Å²) in [5.74, 6) is -0.0505. The Morgan fingerprint density at radius 3 is 2.95 bits per heavy atom. The first-order chi connectivity index (χ1) is 9.17. The number of nitrogens with one attached hydrogen (secondary N) is 2. The highest BCUT2D eigenvalue weighted by Crippen LogP contribution is 2.11. The van der Waals surface area contributed by atoms with E-state index < -0.39 is 0 Å². The zero-order valence-electron chi connectivity index (χ0n) is 11.5. The SMILES string of the molecule is COCCCNC(=O)C(C)Nc1cccc(CO)c1. The molecule has 106 valence electrons. The van der Waals surface area contributed by atoms with E-state index in [1.807, 2.05) is 24.3 Å². The third-order valence-corrected chi connectivity index (χ3v) is 2.71. The van der Waals surface area contributed by atoms with Crippen LogP contribution in [0.1, 0.15) is 18.9 Å². The van der Waals surface area contributed by atoms with E-state index in [0.717, 1.165) is 17.7 Å². The molecule has 5 heteroatoms. The number of amides is 1. The molecule has 1 atom stereocenters. The monoisotopic (exact) mass is 266 g/mol. The van der Waals surface area contributed by atoms with Crippen molar-refractivity contribution < 1.29 is 14.6 Å². The fraction of sp³-hybridized carbons (Fsp3) is 0.500. The molecule has 0 fully saturated rings. The lowest BCUT2D eigenvalue weighted by molar-refractivity contribution is -0.121. The van der Waals surface area contributed by atoms with E-state index in [-0.39, 0.29) is 18.6 Å². The lowest BCUT2D eigenvalue weighted by Gasteiger charge is -2.15. The quantitative estimate of drug-likeness (QED) is 0.617. The van der Waals surface area contributed by atoms with Gasteiger partial charge in [0.15, 0.2) is 0 Å². The number of ether oxygens (including phenoxy) is 1. The molecule has 0 radical (unpaired) electrons. The molecular weight excluding hydrogens is 244 g/mol. The molecule has 1 unspecified atom stereocenters. The minimum absolute atomic E-state index is 0.00683. The van der Waals surface area contributed by atoms with Gasteiger partial charge in [0, 0.05) is 25.9 Å². The van der Waals surface area contributed by atoms with Gasteiger partial charge in [0.1, 0.15) is 6.04 Å². The van der Waals surface area contributed by atoms with Gasteiger partial charge >= 0.3 is 0 Å². The lowest BCUT2D eigenvalue weighted by atomic mass is 10.2. The van der Waals surface area contributed by atoms with Crippen LogP contribution in [0.25, 0.3) is 0 Å². The Kier molecular flexibility index (Phi) is 6.92. The first kappa shape index (κ1) is 15.5. The number of benzene rings is 1. The standard InChI is InChI=1S/C14H22N2O3/c1-11(14(18)15-7-4-8-19-2)16-13-6-3-5-12(9-13)10-17/h3,5-6,9,11,16-17H,4,7-8,10H2,1-2H3,(H,15,18). The number of hydrogen-bond acceptors (Lipinski definition) is 4. The van der Waals surface area contributed by atoms with Gasteiger partial charge in [-0.1, -0.05) is 12.1 Å². The average Bonchev–Trinajstić information content (AvgIpc) is 2.43. The summed E-state index contributed by atoms with van der Waals surface area (Å²) in [4.78, 5) is 11.8. The molecule has 0 aliphatic heterocycles. The minimum atomic E-state index is -0.323. The highest BCUT2D eigenvalue weighted by atomic mass is 16.5. The van der Waals surface area contributed by atoms with E-state index in [1.165, 1.54) is 0 Å². The van der Waals surface area contributed by atoms with Crippen molar-refractivity contribution in [2.75, 3.05) is 25.6 Å². The van der Waals surface area contributed by atoms with Crippen LogP contribution >= 0.6 is 0 Å². The van der Waals surface area contributed by atoms with E-state index in [4.69, 9.17) is 9.84 Å². The summed E-state index contributed by atoms with van der Waals surface area (Å²) in [5.41, 5.74) is 1.64. The Morgan fingerprint density at radius 1 is 1.47 bits per heavy atom. The van der Waals surface area contributed by atoms with Crippen LogP contribution in [0.4, 0.5) is 5.69 Å². The number of methoxy groups -OCH3 is 1. The van der Waals surface area contributed by atoms with Crippen molar-refractivity contribution in [1.29, 1.82) is 0 Å². The van der Waals surface area contributed by atoms with Gasteiger partial charge in [0.25, 0.3) is 0 Å². The van der Waals surface area contributed by atoms with Crippen molar-refractivity contribution in [2.45, 2.75) is 26.0 Å². The average molecular weight is 266 g/mol. The normalized spacial score (nSPS) is 11.9. The van der Waals surface area contributed by atoms with Gasteiger partial charge in [-0.05, 0) is 31.0 Å². The molecule has 0 heterocycles. The van der Waals surface area contributed by atoms with Gasteiger partial charge in [-0.3, -0.25) is 4.79 Å². The minimum Gasteiger partial charge on any atom is -0.392 e. The molecule has 19 heavy (non-hydrogen) atoms. The summed E-state index contributed by atoms with van der Waals surface area (Å²) >= 11 is 0. The molecule has 0 bridgehead atoms. The summed E-state index contributed by atoms with van der Waals surface area (Å²) in [6.45, 7) is 3.04. The van der Waals surface area contributed by atoms with Gasteiger partial charge in [0.05, 0.1) is 6.61 Å². The Labute approximate surface area is 114 Å².